The highest BCUT2D eigenvalue weighted by Gasteiger charge is 2.41. The summed E-state index contributed by atoms with van der Waals surface area (Å²) in [6, 6.07) is 0.608. The highest BCUT2D eigenvalue weighted by molar-refractivity contribution is 4.92. The summed E-state index contributed by atoms with van der Waals surface area (Å²) in [5.74, 6) is 0.774. The molecule has 0 aromatic carbocycles. The molecule has 1 heterocycles. The standard InChI is InChI=1S/C16H31NO/c1-13(2)17-12-14(3)6-7-15-8-11-16(18-15)9-4-5-10-16/h13-15,17H,4-12H2,1-3H3. The van der Waals surface area contributed by atoms with Gasteiger partial charge in [0, 0.05) is 6.04 Å². The summed E-state index contributed by atoms with van der Waals surface area (Å²) in [7, 11) is 0. The fraction of sp³-hybridized carbons (Fsp3) is 1.00. The van der Waals surface area contributed by atoms with Crippen molar-refractivity contribution in [2.45, 2.75) is 89.9 Å². The Morgan fingerprint density at radius 3 is 2.56 bits per heavy atom. The normalized spacial score (nSPS) is 28.3. The Balaban J connectivity index is 1.62. The van der Waals surface area contributed by atoms with Crippen molar-refractivity contribution >= 4 is 0 Å². The Bertz CT molecular complexity index is 245. The van der Waals surface area contributed by atoms with Crippen molar-refractivity contribution in [3.63, 3.8) is 0 Å². The molecule has 18 heavy (non-hydrogen) atoms. The Morgan fingerprint density at radius 2 is 1.89 bits per heavy atom. The number of hydrogen-bond acceptors (Lipinski definition) is 2. The molecule has 0 amide bonds. The molecule has 2 aliphatic rings. The van der Waals surface area contributed by atoms with Gasteiger partial charge in [0.05, 0.1) is 11.7 Å². The molecule has 0 bridgehead atoms. The lowest BCUT2D eigenvalue weighted by Gasteiger charge is -2.24. The smallest absolute Gasteiger partial charge is 0.0687 e. The Labute approximate surface area is 113 Å². The van der Waals surface area contributed by atoms with Gasteiger partial charge < -0.3 is 10.1 Å². The minimum atomic E-state index is 0.323. The molecular weight excluding hydrogens is 222 g/mol. The molecule has 1 aliphatic heterocycles. The number of hydrogen-bond donors (Lipinski definition) is 1. The van der Waals surface area contributed by atoms with Crippen molar-refractivity contribution in [2.75, 3.05) is 6.54 Å². The maximum Gasteiger partial charge on any atom is 0.0687 e. The van der Waals surface area contributed by atoms with E-state index in [0.29, 0.717) is 17.7 Å². The zero-order chi connectivity index (χ0) is 13.0. The van der Waals surface area contributed by atoms with Crippen molar-refractivity contribution in [2.24, 2.45) is 5.92 Å². The molecular formula is C16H31NO. The van der Waals surface area contributed by atoms with Crippen LogP contribution in [0.3, 0.4) is 0 Å². The molecule has 2 heteroatoms. The van der Waals surface area contributed by atoms with Gasteiger partial charge in [0.15, 0.2) is 0 Å². The van der Waals surface area contributed by atoms with Gasteiger partial charge >= 0.3 is 0 Å². The second-order valence-electron chi connectivity index (χ2n) is 6.91. The summed E-state index contributed by atoms with van der Waals surface area (Å²) in [6.45, 7) is 7.94. The summed E-state index contributed by atoms with van der Waals surface area (Å²) in [4.78, 5) is 0. The van der Waals surface area contributed by atoms with Gasteiger partial charge in [-0.1, -0.05) is 33.6 Å². The van der Waals surface area contributed by atoms with Crippen molar-refractivity contribution in [1.29, 1.82) is 0 Å². The fourth-order valence-corrected chi connectivity index (χ4v) is 3.50. The molecule has 2 unspecified atom stereocenters. The minimum absolute atomic E-state index is 0.323. The first-order valence-electron chi connectivity index (χ1n) is 8.01. The Morgan fingerprint density at radius 1 is 1.17 bits per heavy atom. The maximum atomic E-state index is 6.37. The first-order chi connectivity index (χ1) is 8.60. The van der Waals surface area contributed by atoms with Crippen LogP contribution in [0, 0.1) is 5.92 Å². The van der Waals surface area contributed by atoms with Crippen LogP contribution in [0.15, 0.2) is 0 Å². The van der Waals surface area contributed by atoms with E-state index in [1.54, 1.807) is 0 Å². The van der Waals surface area contributed by atoms with Gasteiger partial charge in [-0.3, -0.25) is 0 Å². The fourth-order valence-electron chi connectivity index (χ4n) is 3.50. The third-order valence-corrected chi connectivity index (χ3v) is 4.71. The molecule has 0 aromatic heterocycles. The van der Waals surface area contributed by atoms with Crippen molar-refractivity contribution in [3.8, 4) is 0 Å². The molecule has 1 N–H and O–H groups in total. The molecule has 0 radical (unpaired) electrons. The first kappa shape index (κ1) is 14.3. The van der Waals surface area contributed by atoms with Crippen LogP contribution in [0.5, 0.6) is 0 Å². The van der Waals surface area contributed by atoms with E-state index in [9.17, 15) is 0 Å². The monoisotopic (exact) mass is 253 g/mol. The van der Waals surface area contributed by atoms with Crippen molar-refractivity contribution in [1.82, 2.24) is 5.32 Å². The highest BCUT2D eigenvalue weighted by atomic mass is 16.5. The lowest BCUT2D eigenvalue weighted by Crippen LogP contribution is -2.28. The SMILES string of the molecule is CC(CCC1CCC2(CCCC2)O1)CNC(C)C. The molecule has 2 atom stereocenters. The average molecular weight is 253 g/mol. The van der Waals surface area contributed by atoms with Crippen LogP contribution in [-0.4, -0.2) is 24.3 Å². The third kappa shape index (κ3) is 3.96. The van der Waals surface area contributed by atoms with E-state index in [0.717, 1.165) is 12.5 Å². The van der Waals surface area contributed by atoms with E-state index in [1.165, 1.54) is 51.4 Å². The van der Waals surface area contributed by atoms with E-state index in [4.69, 9.17) is 4.74 Å². The Hall–Kier alpha value is -0.0800. The van der Waals surface area contributed by atoms with E-state index in [2.05, 4.69) is 26.1 Å². The molecule has 2 nitrogen and oxygen atoms in total. The predicted molar refractivity (Wildman–Crippen MR) is 76.8 cm³/mol. The third-order valence-electron chi connectivity index (χ3n) is 4.71. The molecule has 2 rings (SSSR count). The van der Waals surface area contributed by atoms with Crippen LogP contribution < -0.4 is 5.32 Å². The van der Waals surface area contributed by atoms with Crippen LogP contribution in [-0.2, 0) is 4.74 Å². The minimum Gasteiger partial charge on any atom is -0.372 e. The quantitative estimate of drug-likeness (QED) is 0.775. The lowest BCUT2D eigenvalue weighted by atomic mass is 9.97. The van der Waals surface area contributed by atoms with Crippen LogP contribution in [0.25, 0.3) is 0 Å². The van der Waals surface area contributed by atoms with Gasteiger partial charge in [-0.2, -0.15) is 0 Å². The summed E-state index contributed by atoms with van der Waals surface area (Å²) >= 11 is 0. The van der Waals surface area contributed by atoms with E-state index in [-0.39, 0.29) is 0 Å². The van der Waals surface area contributed by atoms with Crippen LogP contribution in [0.1, 0.15) is 72.1 Å². The first-order valence-corrected chi connectivity index (χ1v) is 8.01. The topological polar surface area (TPSA) is 21.3 Å². The van der Waals surface area contributed by atoms with Crippen LogP contribution in [0.2, 0.25) is 0 Å². The van der Waals surface area contributed by atoms with Gasteiger partial charge in [0.1, 0.15) is 0 Å². The molecule has 2 fully saturated rings. The van der Waals surface area contributed by atoms with Crippen molar-refractivity contribution < 1.29 is 4.74 Å². The van der Waals surface area contributed by atoms with Gasteiger partial charge in [0.25, 0.3) is 0 Å². The molecule has 1 saturated heterocycles. The molecule has 0 aromatic rings. The molecule has 1 saturated carbocycles. The summed E-state index contributed by atoms with van der Waals surface area (Å²) < 4.78 is 6.37. The maximum absolute atomic E-state index is 6.37. The van der Waals surface area contributed by atoms with E-state index < -0.39 is 0 Å². The summed E-state index contributed by atoms with van der Waals surface area (Å²) in [5, 5.41) is 3.53. The van der Waals surface area contributed by atoms with Crippen molar-refractivity contribution in [3.05, 3.63) is 0 Å². The zero-order valence-electron chi connectivity index (χ0n) is 12.5. The summed E-state index contributed by atoms with van der Waals surface area (Å²) in [6.07, 6.45) is 11.2. The number of rotatable bonds is 6. The highest BCUT2D eigenvalue weighted by Crippen LogP contribution is 2.44. The van der Waals surface area contributed by atoms with Crippen LogP contribution in [0.4, 0.5) is 0 Å². The molecule has 1 spiro atoms. The zero-order valence-corrected chi connectivity index (χ0v) is 12.5. The van der Waals surface area contributed by atoms with E-state index >= 15 is 0 Å². The largest absolute Gasteiger partial charge is 0.372 e. The number of ether oxygens (including phenoxy) is 1. The van der Waals surface area contributed by atoms with Gasteiger partial charge in [-0.15, -0.1) is 0 Å². The molecule has 1 aliphatic carbocycles. The summed E-state index contributed by atoms with van der Waals surface area (Å²) in [5.41, 5.74) is 0.323. The lowest BCUT2D eigenvalue weighted by molar-refractivity contribution is -0.0404. The molecule has 106 valence electrons. The van der Waals surface area contributed by atoms with E-state index in [1.807, 2.05) is 0 Å². The second-order valence-corrected chi connectivity index (χ2v) is 6.91. The number of nitrogens with one attached hydrogen (secondary N) is 1. The van der Waals surface area contributed by atoms with Gasteiger partial charge in [-0.05, 0) is 51.0 Å². The van der Waals surface area contributed by atoms with Gasteiger partial charge in [0.2, 0.25) is 0 Å². The second kappa shape index (κ2) is 6.38. The van der Waals surface area contributed by atoms with Gasteiger partial charge in [-0.25, -0.2) is 0 Å². The predicted octanol–water partition coefficient (Wildman–Crippen LogP) is 3.89. The Kier molecular flexibility index (Phi) is 5.08. The average Bonchev–Trinajstić information content (AvgIpc) is 2.95. The van der Waals surface area contributed by atoms with Crippen LogP contribution >= 0.6 is 0 Å².